The van der Waals surface area contributed by atoms with Gasteiger partial charge in [-0.3, -0.25) is 0 Å². The quantitative estimate of drug-likeness (QED) is 0.889. The van der Waals surface area contributed by atoms with Gasteiger partial charge in [-0.15, -0.1) is 0 Å². The summed E-state index contributed by atoms with van der Waals surface area (Å²) >= 11 is 0. The van der Waals surface area contributed by atoms with Crippen molar-refractivity contribution in [2.45, 2.75) is 26.3 Å². The molecule has 0 saturated carbocycles. The zero-order valence-corrected chi connectivity index (χ0v) is 12.7. The number of ether oxygens (including phenoxy) is 1. The second-order valence-electron chi connectivity index (χ2n) is 5.63. The predicted molar refractivity (Wildman–Crippen MR) is 84.1 cm³/mol. The number of methoxy groups -OCH3 is 1. The van der Waals surface area contributed by atoms with Crippen LogP contribution in [0.2, 0.25) is 0 Å². The van der Waals surface area contributed by atoms with E-state index in [9.17, 15) is 5.11 Å². The van der Waals surface area contributed by atoms with Crippen molar-refractivity contribution in [3.8, 4) is 11.5 Å². The van der Waals surface area contributed by atoms with E-state index < -0.39 is 0 Å². The first-order chi connectivity index (χ1) is 10.1. The van der Waals surface area contributed by atoms with Gasteiger partial charge in [0.2, 0.25) is 0 Å². The molecule has 1 unspecified atom stereocenters. The molecule has 2 aromatic carbocycles. The SMILES string of the molecule is COc1ccc(C2NCCc3cc(O)ccc32)c(C)c1C. The van der Waals surface area contributed by atoms with Crippen LogP contribution >= 0.6 is 0 Å². The second kappa shape index (κ2) is 5.41. The van der Waals surface area contributed by atoms with Gasteiger partial charge >= 0.3 is 0 Å². The van der Waals surface area contributed by atoms with E-state index in [1.165, 1.54) is 27.8 Å². The van der Waals surface area contributed by atoms with Crippen molar-refractivity contribution in [1.82, 2.24) is 5.32 Å². The van der Waals surface area contributed by atoms with E-state index in [4.69, 9.17) is 4.74 Å². The zero-order chi connectivity index (χ0) is 15.0. The van der Waals surface area contributed by atoms with Crippen LogP contribution in [0.5, 0.6) is 11.5 Å². The van der Waals surface area contributed by atoms with Crippen LogP contribution in [0.1, 0.15) is 33.9 Å². The van der Waals surface area contributed by atoms with Crippen LogP contribution in [0.25, 0.3) is 0 Å². The van der Waals surface area contributed by atoms with Crippen molar-refractivity contribution >= 4 is 0 Å². The molecule has 0 fully saturated rings. The molecule has 0 saturated heterocycles. The van der Waals surface area contributed by atoms with Gasteiger partial charge in [-0.05, 0) is 66.3 Å². The molecular formula is C18H21NO2. The Balaban J connectivity index is 2.09. The smallest absolute Gasteiger partial charge is 0.122 e. The molecule has 1 aliphatic rings. The summed E-state index contributed by atoms with van der Waals surface area (Å²) in [4.78, 5) is 0. The van der Waals surface area contributed by atoms with E-state index >= 15 is 0 Å². The molecule has 0 spiro atoms. The van der Waals surface area contributed by atoms with Crippen molar-refractivity contribution in [3.05, 3.63) is 58.1 Å². The van der Waals surface area contributed by atoms with Gasteiger partial charge in [0.05, 0.1) is 13.2 Å². The number of hydrogen-bond acceptors (Lipinski definition) is 3. The van der Waals surface area contributed by atoms with E-state index in [1.807, 2.05) is 18.2 Å². The number of phenolic OH excluding ortho intramolecular Hbond substituents is 1. The zero-order valence-electron chi connectivity index (χ0n) is 12.7. The number of benzene rings is 2. The highest BCUT2D eigenvalue weighted by Gasteiger charge is 2.23. The van der Waals surface area contributed by atoms with Crippen molar-refractivity contribution < 1.29 is 9.84 Å². The van der Waals surface area contributed by atoms with E-state index in [0.29, 0.717) is 5.75 Å². The molecule has 2 N–H and O–H groups in total. The van der Waals surface area contributed by atoms with Crippen LogP contribution in [0.4, 0.5) is 0 Å². The number of aromatic hydroxyl groups is 1. The van der Waals surface area contributed by atoms with Crippen molar-refractivity contribution in [1.29, 1.82) is 0 Å². The highest BCUT2D eigenvalue weighted by atomic mass is 16.5. The van der Waals surface area contributed by atoms with Gasteiger partial charge in [0.15, 0.2) is 0 Å². The fourth-order valence-corrected chi connectivity index (χ4v) is 3.18. The third kappa shape index (κ3) is 2.38. The molecule has 3 nitrogen and oxygen atoms in total. The fraction of sp³-hybridized carbons (Fsp3) is 0.333. The van der Waals surface area contributed by atoms with Gasteiger partial charge in [0.25, 0.3) is 0 Å². The highest BCUT2D eigenvalue weighted by molar-refractivity contribution is 5.50. The van der Waals surface area contributed by atoms with Gasteiger partial charge in [0.1, 0.15) is 11.5 Å². The first kappa shape index (κ1) is 14.0. The van der Waals surface area contributed by atoms with Gasteiger partial charge in [0, 0.05) is 6.54 Å². The molecule has 21 heavy (non-hydrogen) atoms. The summed E-state index contributed by atoms with van der Waals surface area (Å²) in [7, 11) is 1.71. The minimum absolute atomic E-state index is 0.180. The molecule has 0 aliphatic carbocycles. The molecule has 3 heteroatoms. The van der Waals surface area contributed by atoms with E-state index in [1.54, 1.807) is 13.2 Å². The Morgan fingerprint density at radius 1 is 1.10 bits per heavy atom. The standard InChI is InChI=1S/C18H21NO2/c1-11-12(2)17(21-3)7-6-15(11)18-16-5-4-14(20)10-13(16)8-9-19-18/h4-7,10,18-20H,8-9H2,1-3H3. The number of rotatable bonds is 2. The summed E-state index contributed by atoms with van der Waals surface area (Å²) in [5.41, 5.74) is 6.20. The topological polar surface area (TPSA) is 41.5 Å². The van der Waals surface area contributed by atoms with Crippen LogP contribution in [-0.2, 0) is 6.42 Å². The van der Waals surface area contributed by atoms with Gasteiger partial charge < -0.3 is 15.2 Å². The minimum Gasteiger partial charge on any atom is -0.508 e. The number of hydrogen-bond donors (Lipinski definition) is 2. The van der Waals surface area contributed by atoms with Crippen molar-refractivity contribution in [2.75, 3.05) is 13.7 Å². The highest BCUT2D eigenvalue weighted by Crippen LogP contribution is 2.35. The summed E-state index contributed by atoms with van der Waals surface area (Å²) in [6.45, 7) is 5.16. The lowest BCUT2D eigenvalue weighted by atomic mass is 9.86. The first-order valence-corrected chi connectivity index (χ1v) is 7.31. The Bertz CT molecular complexity index is 679. The van der Waals surface area contributed by atoms with Crippen LogP contribution in [0.15, 0.2) is 30.3 Å². The maximum atomic E-state index is 9.68. The molecule has 0 aromatic heterocycles. The third-order valence-corrected chi connectivity index (χ3v) is 4.49. The van der Waals surface area contributed by atoms with Crippen LogP contribution in [0, 0.1) is 13.8 Å². The van der Waals surface area contributed by atoms with Gasteiger partial charge in [-0.1, -0.05) is 12.1 Å². The Morgan fingerprint density at radius 2 is 1.86 bits per heavy atom. The molecular weight excluding hydrogens is 262 g/mol. The Labute approximate surface area is 125 Å². The van der Waals surface area contributed by atoms with Crippen LogP contribution in [-0.4, -0.2) is 18.8 Å². The Hall–Kier alpha value is -2.00. The number of fused-ring (bicyclic) bond motifs is 1. The lowest BCUT2D eigenvalue weighted by Crippen LogP contribution is -2.31. The van der Waals surface area contributed by atoms with Crippen LogP contribution < -0.4 is 10.1 Å². The second-order valence-corrected chi connectivity index (χ2v) is 5.63. The van der Waals surface area contributed by atoms with Gasteiger partial charge in [-0.25, -0.2) is 0 Å². The molecule has 0 radical (unpaired) electrons. The normalized spacial score (nSPS) is 17.4. The maximum Gasteiger partial charge on any atom is 0.122 e. The van der Waals surface area contributed by atoms with Gasteiger partial charge in [-0.2, -0.15) is 0 Å². The molecule has 0 amide bonds. The minimum atomic E-state index is 0.180. The first-order valence-electron chi connectivity index (χ1n) is 7.31. The average molecular weight is 283 g/mol. The third-order valence-electron chi connectivity index (χ3n) is 4.49. The molecule has 1 heterocycles. The lowest BCUT2D eigenvalue weighted by molar-refractivity contribution is 0.410. The number of nitrogens with one attached hydrogen (secondary N) is 1. The molecule has 3 rings (SSSR count). The summed E-state index contributed by atoms with van der Waals surface area (Å²) in [5, 5.41) is 13.3. The fourth-order valence-electron chi connectivity index (χ4n) is 3.18. The summed E-state index contributed by atoms with van der Waals surface area (Å²) in [6, 6.07) is 10.0. The monoisotopic (exact) mass is 283 g/mol. The molecule has 1 aliphatic heterocycles. The van der Waals surface area contributed by atoms with E-state index in [0.717, 1.165) is 18.7 Å². The Morgan fingerprint density at radius 3 is 2.62 bits per heavy atom. The number of phenols is 1. The predicted octanol–water partition coefficient (Wildman–Crippen LogP) is 3.25. The van der Waals surface area contributed by atoms with Crippen LogP contribution in [0.3, 0.4) is 0 Å². The van der Waals surface area contributed by atoms with E-state index in [2.05, 4.69) is 25.2 Å². The molecule has 110 valence electrons. The summed E-state index contributed by atoms with van der Waals surface area (Å²) in [5.74, 6) is 1.27. The largest absolute Gasteiger partial charge is 0.508 e. The molecule has 0 bridgehead atoms. The maximum absolute atomic E-state index is 9.68. The summed E-state index contributed by atoms with van der Waals surface area (Å²) in [6.07, 6.45) is 0.953. The molecule has 1 atom stereocenters. The van der Waals surface area contributed by atoms with E-state index in [-0.39, 0.29) is 6.04 Å². The summed E-state index contributed by atoms with van der Waals surface area (Å²) < 4.78 is 5.40. The Kier molecular flexibility index (Phi) is 3.60. The average Bonchev–Trinajstić information content (AvgIpc) is 2.49. The van der Waals surface area contributed by atoms with Crippen molar-refractivity contribution in [3.63, 3.8) is 0 Å². The van der Waals surface area contributed by atoms with Crippen molar-refractivity contribution in [2.24, 2.45) is 0 Å². The lowest BCUT2D eigenvalue weighted by Gasteiger charge is -2.29. The molecule has 2 aromatic rings.